The molecular formula is C20H28N2O4. The summed E-state index contributed by atoms with van der Waals surface area (Å²) in [5.74, 6) is -1.68. The lowest BCUT2D eigenvalue weighted by atomic mass is 9.86. The number of piperidine rings is 1. The van der Waals surface area contributed by atoms with Crippen molar-refractivity contribution >= 4 is 17.8 Å². The lowest BCUT2D eigenvalue weighted by Gasteiger charge is -2.29. The van der Waals surface area contributed by atoms with Crippen molar-refractivity contribution in [2.45, 2.75) is 51.5 Å². The van der Waals surface area contributed by atoms with Gasteiger partial charge in [-0.3, -0.25) is 14.4 Å². The molecule has 2 atom stereocenters. The normalized spacial score (nSPS) is 19.2. The fraction of sp³-hybridized carbons (Fsp3) is 0.550. The van der Waals surface area contributed by atoms with Crippen LogP contribution in [-0.4, -0.2) is 41.4 Å². The molecule has 1 aliphatic rings. The smallest absolute Gasteiger partial charge is 0.305 e. The topological polar surface area (TPSA) is 86.7 Å². The zero-order valence-electron chi connectivity index (χ0n) is 15.9. The van der Waals surface area contributed by atoms with Gasteiger partial charge in [0, 0.05) is 25.9 Å². The number of aliphatic carboxylic acids is 1. The van der Waals surface area contributed by atoms with Crippen molar-refractivity contribution in [3.63, 3.8) is 0 Å². The van der Waals surface area contributed by atoms with Gasteiger partial charge in [-0.2, -0.15) is 0 Å². The molecule has 2 amide bonds. The average Bonchev–Trinajstić information content (AvgIpc) is 2.55. The van der Waals surface area contributed by atoms with Crippen molar-refractivity contribution in [2.24, 2.45) is 5.92 Å². The highest BCUT2D eigenvalue weighted by molar-refractivity contribution is 5.87. The minimum Gasteiger partial charge on any atom is -0.481 e. The Labute approximate surface area is 154 Å². The summed E-state index contributed by atoms with van der Waals surface area (Å²) in [5.41, 5.74) is 1.90. The molecule has 0 spiro atoms. The first-order valence-electron chi connectivity index (χ1n) is 8.94. The molecule has 6 heteroatoms. The zero-order valence-corrected chi connectivity index (χ0v) is 15.9. The van der Waals surface area contributed by atoms with Gasteiger partial charge >= 0.3 is 5.97 Å². The minimum atomic E-state index is -0.977. The fourth-order valence-electron chi connectivity index (χ4n) is 3.10. The highest BCUT2D eigenvalue weighted by Crippen LogP contribution is 2.26. The summed E-state index contributed by atoms with van der Waals surface area (Å²) < 4.78 is 0. The molecule has 2 rings (SSSR count). The number of carboxylic acids is 1. The molecule has 1 aromatic rings. The van der Waals surface area contributed by atoms with Crippen molar-refractivity contribution in [2.75, 3.05) is 13.6 Å². The van der Waals surface area contributed by atoms with Crippen LogP contribution >= 0.6 is 0 Å². The Morgan fingerprint density at radius 1 is 1.27 bits per heavy atom. The molecule has 0 saturated carbocycles. The van der Waals surface area contributed by atoms with Crippen LogP contribution in [-0.2, 0) is 19.8 Å². The van der Waals surface area contributed by atoms with Gasteiger partial charge in [-0.15, -0.1) is 0 Å². The Kier molecular flexibility index (Phi) is 6.05. The Bertz CT molecular complexity index is 676. The van der Waals surface area contributed by atoms with Crippen LogP contribution in [0.2, 0.25) is 0 Å². The van der Waals surface area contributed by atoms with Crippen LogP contribution in [0.1, 0.15) is 57.2 Å². The third kappa shape index (κ3) is 5.07. The van der Waals surface area contributed by atoms with Crippen LogP contribution in [0.5, 0.6) is 0 Å². The second kappa shape index (κ2) is 7.89. The fourth-order valence-corrected chi connectivity index (χ4v) is 3.10. The largest absolute Gasteiger partial charge is 0.481 e. The van der Waals surface area contributed by atoms with E-state index in [4.69, 9.17) is 0 Å². The second-order valence-electron chi connectivity index (χ2n) is 8.04. The van der Waals surface area contributed by atoms with Gasteiger partial charge < -0.3 is 15.3 Å². The van der Waals surface area contributed by atoms with Crippen LogP contribution in [0.15, 0.2) is 24.3 Å². The summed E-state index contributed by atoms with van der Waals surface area (Å²) in [7, 11) is 1.72. The first kappa shape index (κ1) is 19.9. The predicted octanol–water partition coefficient (Wildman–Crippen LogP) is 2.48. The van der Waals surface area contributed by atoms with Gasteiger partial charge in [0.1, 0.15) is 0 Å². The number of benzene rings is 1. The van der Waals surface area contributed by atoms with Crippen LogP contribution in [0.25, 0.3) is 0 Å². The van der Waals surface area contributed by atoms with Crippen LogP contribution < -0.4 is 5.32 Å². The molecule has 1 fully saturated rings. The number of carboxylic acid groups (broad SMARTS) is 1. The third-order valence-corrected chi connectivity index (χ3v) is 4.90. The average molecular weight is 360 g/mol. The first-order chi connectivity index (χ1) is 12.1. The number of carbonyl (C=O) groups is 3. The van der Waals surface area contributed by atoms with Gasteiger partial charge in [0.15, 0.2) is 0 Å². The van der Waals surface area contributed by atoms with Gasteiger partial charge in [-0.05, 0) is 23.0 Å². The van der Waals surface area contributed by atoms with E-state index < -0.39 is 17.9 Å². The van der Waals surface area contributed by atoms with Crippen molar-refractivity contribution in [1.82, 2.24) is 10.2 Å². The molecule has 1 saturated heterocycles. The first-order valence-corrected chi connectivity index (χ1v) is 8.94. The quantitative estimate of drug-likeness (QED) is 0.845. The van der Waals surface area contributed by atoms with Gasteiger partial charge in [-0.1, -0.05) is 45.0 Å². The van der Waals surface area contributed by atoms with Gasteiger partial charge in [0.2, 0.25) is 11.8 Å². The Hall–Kier alpha value is -2.37. The van der Waals surface area contributed by atoms with Crippen molar-refractivity contribution in [3.8, 4) is 0 Å². The number of carbonyl (C=O) groups excluding carboxylic acids is 2. The zero-order chi connectivity index (χ0) is 19.5. The monoisotopic (exact) mass is 360 g/mol. The molecule has 0 aliphatic carbocycles. The van der Waals surface area contributed by atoms with E-state index in [-0.39, 0.29) is 30.1 Å². The molecule has 1 aromatic carbocycles. The molecule has 2 N–H and O–H groups in total. The number of hydrogen-bond acceptors (Lipinski definition) is 3. The van der Waals surface area contributed by atoms with Crippen molar-refractivity contribution < 1.29 is 19.5 Å². The van der Waals surface area contributed by atoms with Gasteiger partial charge in [0.05, 0.1) is 12.5 Å². The third-order valence-electron chi connectivity index (χ3n) is 4.90. The highest BCUT2D eigenvalue weighted by Gasteiger charge is 2.30. The lowest BCUT2D eigenvalue weighted by molar-refractivity contribution is -0.140. The predicted molar refractivity (Wildman–Crippen MR) is 98.6 cm³/mol. The Balaban J connectivity index is 2.13. The number of amides is 2. The van der Waals surface area contributed by atoms with E-state index in [1.807, 2.05) is 24.3 Å². The lowest BCUT2D eigenvalue weighted by Crippen LogP contribution is -2.43. The molecule has 0 radical (unpaired) electrons. The SMILES string of the molecule is CN1CC[C@H](C(=O)N[C@H](CC(=O)O)c2ccc(C(C)(C)C)cc2)CC1=O. The Morgan fingerprint density at radius 3 is 2.38 bits per heavy atom. The number of nitrogens with one attached hydrogen (secondary N) is 1. The maximum atomic E-state index is 12.6. The molecule has 1 heterocycles. The standard InChI is InChI=1S/C20H28N2O4/c1-20(2,3)15-7-5-13(6-8-15)16(12-18(24)25)21-19(26)14-9-10-22(4)17(23)11-14/h5-8,14,16H,9-12H2,1-4H3,(H,21,26)(H,24,25)/t14-,16+/m0/s1. The van der Waals surface area contributed by atoms with E-state index in [9.17, 15) is 19.5 Å². The van der Waals surface area contributed by atoms with E-state index in [0.717, 1.165) is 11.1 Å². The molecule has 1 aliphatic heterocycles. The number of rotatable bonds is 5. The maximum absolute atomic E-state index is 12.6. The van der Waals surface area contributed by atoms with E-state index in [1.165, 1.54) is 0 Å². The second-order valence-corrected chi connectivity index (χ2v) is 8.04. The Morgan fingerprint density at radius 2 is 1.88 bits per heavy atom. The van der Waals surface area contributed by atoms with E-state index in [0.29, 0.717) is 13.0 Å². The molecule has 142 valence electrons. The number of nitrogens with zero attached hydrogens (tertiary/aromatic N) is 1. The summed E-state index contributed by atoms with van der Waals surface area (Å²) in [6, 6.07) is 7.07. The number of likely N-dealkylation sites (tertiary alicyclic amines) is 1. The van der Waals surface area contributed by atoms with Crippen LogP contribution in [0.3, 0.4) is 0 Å². The van der Waals surface area contributed by atoms with E-state index >= 15 is 0 Å². The van der Waals surface area contributed by atoms with Crippen molar-refractivity contribution in [3.05, 3.63) is 35.4 Å². The summed E-state index contributed by atoms with van der Waals surface area (Å²) in [6.07, 6.45) is 0.573. The summed E-state index contributed by atoms with van der Waals surface area (Å²) in [4.78, 5) is 37.3. The summed E-state index contributed by atoms with van der Waals surface area (Å²) >= 11 is 0. The van der Waals surface area contributed by atoms with E-state index in [2.05, 4.69) is 26.1 Å². The van der Waals surface area contributed by atoms with Crippen LogP contribution in [0, 0.1) is 5.92 Å². The maximum Gasteiger partial charge on any atom is 0.305 e. The van der Waals surface area contributed by atoms with Crippen LogP contribution in [0.4, 0.5) is 0 Å². The number of hydrogen-bond donors (Lipinski definition) is 2. The molecular weight excluding hydrogens is 332 g/mol. The summed E-state index contributed by atoms with van der Waals surface area (Å²) in [5, 5.41) is 12.1. The molecule has 0 bridgehead atoms. The highest BCUT2D eigenvalue weighted by atomic mass is 16.4. The van der Waals surface area contributed by atoms with Gasteiger partial charge in [0.25, 0.3) is 0 Å². The van der Waals surface area contributed by atoms with Gasteiger partial charge in [-0.25, -0.2) is 0 Å². The molecule has 26 heavy (non-hydrogen) atoms. The summed E-state index contributed by atoms with van der Waals surface area (Å²) in [6.45, 7) is 6.86. The van der Waals surface area contributed by atoms with Crippen molar-refractivity contribution in [1.29, 1.82) is 0 Å². The molecule has 6 nitrogen and oxygen atoms in total. The molecule has 0 unspecified atom stereocenters. The molecule has 0 aromatic heterocycles. The van der Waals surface area contributed by atoms with E-state index in [1.54, 1.807) is 11.9 Å². The minimum absolute atomic E-state index is 0.00143.